The number of carbonyl (C=O) groups excluding carboxylic acids is 1. The van der Waals surface area contributed by atoms with Gasteiger partial charge >= 0.3 is 7.82 Å². The summed E-state index contributed by atoms with van der Waals surface area (Å²) in [6.07, 6.45) is 96.8. The molecule has 0 rings (SSSR count). The van der Waals surface area contributed by atoms with E-state index in [0.717, 1.165) is 122 Å². The number of unbranched alkanes of at least 4 members (excludes halogenated alkanes) is 25. The van der Waals surface area contributed by atoms with Crippen LogP contribution < -0.4 is 5.32 Å². The standard InChI is InChI=1S/C74H127N2O6P/c1-6-8-10-12-14-16-18-20-22-24-26-28-29-30-31-32-33-34-35-36-37-38-39-40-41-42-43-44-45-46-47-48-50-52-54-56-58-60-62-64-66-68-74(78)75-72(71-82-83(79,80)81-70-69-76(3,4)5)73(77)67-65-63-61-59-57-55-53-51-49-27-25-23-21-19-17-15-13-11-9-7-2/h8,10,14,16,20,22,26,28,30-31,33-34,36-37,39-40,42-43,45-46,48,50,65,67,72-73,77H,6-7,9,11-13,15,17-19,21,23-25,27,29,32,35,38,41,44,47,49,51-64,66,68-71H2,1-5H3,(H-,75,78,79,80)/p+1/b10-8-,16-14-,22-20-,28-26-,31-30-,34-33-,37-36-,40-39-,43-42-,46-45-,50-48-,67-65+. The second-order valence-corrected chi connectivity index (χ2v) is 24.9. The van der Waals surface area contributed by atoms with E-state index >= 15 is 0 Å². The van der Waals surface area contributed by atoms with Crippen LogP contribution in [0.25, 0.3) is 0 Å². The van der Waals surface area contributed by atoms with Crippen LogP contribution in [-0.4, -0.2) is 73.4 Å². The second kappa shape index (κ2) is 62.9. The van der Waals surface area contributed by atoms with Gasteiger partial charge in [0, 0.05) is 6.42 Å². The van der Waals surface area contributed by atoms with Gasteiger partial charge in [-0.2, -0.15) is 0 Å². The molecule has 83 heavy (non-hydrogen) atoms. The molecule has 0 fully saturated rings. The molecule has 474 valence electrons. The summed E-state index contributed by atoms with van der Waals surface area (Å²) >= 11 is 0. The number of rotatable bonds is 60. The Hall–Kier alpha value is -3.62. The average molecular weight is 1170 g/mol. The van der Waals surface area contributed by atoms with Crippen LogP contribution in [0.1, 0.15) is 264 Å². The van der Waals surface area contributed by atoms with Crippen LogP contribution in [0.4, 0.5) is 0 Å². The highest BCUT2D eigenvalue weighted by Crippen LogP contribution is 2.43. The maximum absolute atomic E-state index is 13.0. The molecule has 3 unspecified atom stereocenters. The molecule has 9 heteroatoms. The molecule has 0 aromatic rings. The molecule has 0 aliphatic carbocycles. The van der Waals surface area contributed by atoms with E-state index in [0.29, 0.717) is 17.4 Å². The number of amides is 1. The first kappa shape index (κ1) is 79.4. The molecular weight excluding hydrogens is 1040 g/mol. The highest BCUT2D eigenvalue weighted by Gasteiger charge is 2.28. The molecular formula is C74H128N2O6P+. The summed E-state index contributed by atoms with van der Waals surface area (Å²) in [7, 11) is 1.55. The third-order valence-corrected chi connectivity index (χ3v) is 15.3. The summed E-state index contributed by atoms with van der Waals surface area (Å²) in [5.74, 6) is -0.192. The van der Waals surface area contributed by atoms with Crippen LogP contribution >= 0.6 is 7.82 Å². The Labute approximate surface area is 512 Å². The monoisotopic (exact) mass is 1170 g/mol. The lowest BCUT2D eigenvalue weighted by Gasteiger charge is -2.25. The summed E-state index contributed by atoms with van der Waals surface area (Å²) < 4.78 is 23.8. The fourth-order valence-electron chi connectivity index (χ4n) is 9.11. The fourth-order valence-corrected chi connectivity index (χ4v) is 9.84. The third kappa shape index (κ3) is 65.8. The van der Waals surface area contributed by atoms with Gasteiger partial charge in [-0.1, -0.05) is 301 Å². The number of aliphatic hydroxyl groups is 1. The predicted molar refractivity (Wildman–Crippen MR) is 364 cm³/mol. The Morgan fingerprint density at radius 1 is 0.422 bits per heavy atom. The van der Waals surface area contributed by atoms with Crippen molar-refractivity contribution in [3.63, 3.8) is 0 Å². The van der Waals surface area contributed by atoms with Crippen molar-refractivity contribution in [3.05, 3.63) is 146 Å². The quantitative estimate of drug-likeness (QED) is 0.0243. The van der Waals surface area contributed by atoms with E-state index in [2.05, 4.69) is 153 Å². The number of nitrogens with zero attached hydrogens (tertiary/aromatic N) is 1. The third-order valence-electron chi connectivity index (χ3n) is 14.3. The van der Waals surface area contributed by atoms with Gasteiger partial charge in [0.1, 0.15) is 13.2 Å². The first-order chi connectivity index (χ1) is 40.5. The molecule has 0 spiro atoms. The SMILES string of the molecule is CC/C=C\C/C=C\C/C=C\C/C=C\C/C=C\C/C=C\C/C=C\C/C=C\C/C=C\C/C=C\C/C=C\CCCCCCCCCC(=O)NC(COP(=O)(O)OCC[N+](C)(C)C)C(O)/C=C/CCCCCCCCCCCCCCCCCCCC. The van der Waals surface area contributed by atoms with Crippen LogP contribution in [0.15, 0.2) is 146 Å². The Morgan fingerprint density at radius 3 is 1.06 bits per heavy atom. The molecule has 1 amide bonds. The minimum absolute atomic E-state index is 0.0525. The van der Waals surface area contributed by atoms with Gasteiger partial charge in [0.2, 0.25) is 5.91 Å². The number of quaternary nitrogens is 1. The van der Waals surface area contributed by atoms with Crippen molar-refractivity contribution < 1.29 is 32.9 Å². The molecule has 8 nitrogen and oxygen atoms in total. The van der Waals surface area contributed by atoms with Gasteiger partial charge in [0.05, 0.1) is 39.9 Å². The maximum Gasteiger partial charge on any atom is 0.472 e. The van der Waals surface area contributed by atoms with Gasteiger partial charge in [-0.3, -0.25) is 13.8 Å². The number of nitrogens with one attached hydrogen (secondary N) is 1. The highest BCUT2D eigenvalue weighted by atomic mass is 31.2. The largest absolute Gasteiger partial charge is 0.472 e. The number of phosphoric acid groups is 1. The number of carbonyl (C=O) groups is 1. The van der Waals surface area contributed by atoms with Crippen LogP contribution in [0.5, 0.6) is 0 Å². The number of hydrogen-bond acceptors (Lipinski definition) is 5. The highest BCUT2D eigenvalue weighted by molar-refractivity contribution is 7.47. The van der Waals surface area contributed by atoms with Crippen molar-refractivity contribution in [2.45, 2.75) is 276 Å². The maximum atomic E-state index is 13.0. The summed E-state index contributed by atoms with van der Waals surface area (Å²) in [5, 5.41) is 14.0. The lowest BCUT2D eigenvalue weighted by molar-refractivity contribution is -0.870. The minimum Gasteiger partial charge on any atom is -0.387 e. The first-order valence-corrected chi connectivity index (χ1v) is 35.2. The van der Waals surface area contributed by atoms with Crippen molar-refractivity contribution in [2.75, 3.05) is 40.9 Å². The molecule has 0 saturated carbocycles. The number of hydrogen-bond donors (Lipinski definition) is 3. The van der Waals surface area contributed by atoms with Crippen LogP contribution in [0.2, 0.25) is 0 Å². The Balaban J connectivity index is 4.17. The second-order valence-electron chi connectivity index (χ2n) is 23.5. The number of aliphatic hydroxyl groups excluding tert-OH is 1. The van der Waals surface area contributed by atoms with E-state index in [4.69, 9.17) is 9.05 Å². The van der Waals surface area contributed by atoms with Gasteiger partial charge in [-0.15, -0.1) is 0 Å². The van der Waals surface area contributed by atoms with Gasteiger partial charge in [0.25, 0.3) is 0 Å². The minimum atomic E-state index is -4.36. The van der Waals surface area contributed by atoms with Gasteiger partial charge in [-0.25, -0.2) is 4.57 Å². The molecule has 0 saturated heterocycles. The molecule has 0 aromatic heterocycles. The topological polar surface area (TPSA) is 105 Å². The van der Waals surface area contributed by atoms with Crippen molar-refractivity contribution in [2.24, 2.45) is 0 Å². The van der Waals surface area contributed by atoms with Gasteiger partial charge < -0.3 is 19.8 Å². The molecule has 0 heterocycles. The number of likely N-dealkylation sites (N-methyl/N-ethyl adjacent to an activating group) is 1. The lowest BCUT2D eigenvalue weighted by Crippen LogP contribution is -2.45. The molecule has 0 bridgehead atoms. The zero-order valence-electron chi connectivity index (χ0n) is 54.1. The molecule has 0 aliphatic heterocycles. The van der Waals surface area contributed by atoms with E-state index in [9.17, 15) is 19.4 Å². The Bertz CT molecular complexity index is 1860. The lowest BCUT2D eigenvalue weighted by atomic mass is 10.0. The summed E-state index contributed by atoms with van der Waals surface area (Å²) in [6.45, 7) is 4.70. The molecule has 3 N–H and O–H groups in total. The zero-order valence-corrected chi connectivity index (χ0v) is 55.0. The van der Waals surface area contributed by atoms with Crippen molar-refractivity contribution in [1.82, 2.24) is 5.32 Å². The summed E-state index contributed by atoms with van der Waals surface area (Å²) in [4.78, 5) is 23.4. The normalized spacial score (nSPS) is 14.6. The Morgan fingerprint density at radius 2 is 0.723 bits per heavy atom. The van der Waals surface area contributed by atoms with E-state index in [-0.39, 0.29) is 19.1 Å². The van der Waals surface area contributed by atoms with E-state index < -0.39 is 20.0 Å². The van der Waals surface area contributed by atoms with Crippen molar-refractivity contribution >= 4 is 13.7 Å². The van der Waals surface area contributed by atoms with Gasteiger partial charge in [0.15, 0.2) is 0 Å². The molecule has 3 atom stereocenters. The molecule has 0 aliphatic rings. The van der Waals surface area contributed by atoms with Crippen molar-refractivity contribution in [1.29, 1.82) is 0 Å². The fraction of sp³-hybridized carbons (Fsp3) is 0.662. The van der Waals surface area contributed by atoms with E-state index in [1.165, 1.54) is 122 Å². The van der Waals surface area contributed by atoms with Crippen LogP contribution in [0, 0.1) is 0 Å². The summed E-state index contributed by atoms with van der Waals surface area (Å²) in [6, 6.07) is -0.864. The predicted octanol–water partition coefficient (Wildman–Crippen LogP) is 21.6. The van der Waals surface area contributed by atoms with Crippen LogP contribution in [0.3, 0.4) is 0 Å². The van der Waals surface area contributed by atoms with Crippen molar-refractivity contribution in [3.8, 4) is 0 Å². The first-order valence-electron chi connectivity index (χ1n) is 33.7. The zero-order chi connectivity index (χ0) is 60.5. The van der Waals surface area contributed by atoms with Crippen LogP contribution in [-0.2, 0) is 18.4 Å². The number of phosphoric ester groups is 1. The molecule has 0 aromatic carbocycles. The smallest absolute Gasteiger partial charge is 0.387 e. The average Bonchev–Trinajstić information content (AvgIpc) is 3.49. The Kier molecular flexibility index (Phi) is 60.2. The van der Waals surface area contributed by atoms with E-state index in [1.807, 2.05) is 27.2 Å². The van der Waals surface area contributed by atoms with E-state index in [1.54, 1.807) is 6.08 Å². The number of allylic oxidation sites excluding steroid dienone is 23. The summed E-state index contributed by atoms with van der Waals surface area (Å²) in [5.41, 5.74) is 0. The molecule has 0 radical (unpaired) electrons. The van der Waals surface area contributed by atoms with Gasteiger partial charge in [-0.05, 0) is 103 Å².